The van der Waals surface area contributed by atoms with Crippen LogP contribution < -0.4 is 9.64 Å². The van der Waals surface area contributed by atoms with Crippen LogP contribution in [0.3, 0.4) is 0 Å². The predicted octanol–water partition coefficient (Wildman–Crippen LogP) is 3.46. The topological polar surface area (TPSA) is 29.5 Å². The number of hydrogen-bond donors (Lipinski definition) is 0. The van der Waals surface area contributed by atoms with Gasteiger partial charge in [-0.3, -0.25) is 0 Å². The first-order valence-corrected chi connectivity index (χ1v) is 7.35. The molecule has 1 atom stereocenters. The van der Waals surface area contributed by atoms with E-state index in [0.717, 1.165) is 28.8 Å². The van der Waals surface area contributed by atoms with Crippen molar-refractivity contribution < 1.29 is 9.53 Å². The van der Waals surface area contributed by atoms with Gasteiger partial charge in [0.1, 0.15) is 12.0 Å². The van der Waals surface area contributed by atoms with Gasteiger partial charge in [-0.05, 0) is 48.7 Å². The molecule has 0 saturated carbocycles. The van der Waals surface area contributed by atoms with Crippen LogP contribution in [0, 0.1) is 0 Å². The molecular weight excluding hydrogens is 274 g/mol. The molecule has 0 fully saturated rings. The van der Waals surface area contributed by atoms with Crippen LogP contribution in [-0.4, -0.2) is 27.5 Å². The molecule has 0 amide bonds. The maximum Gasteiger partial charge on any atom is 0.130 e. The number of hydrogen-bond acceptors (Lipinski definition) is 3. The Balaban J connectivity index is 2.23. The molecule has 116 valence electrons. The highest BCUT2D eigenvalue weighted by molar-refractivity contribution is 5.69. The van der Waals surface area contributed by atoms with Gasteiger partial charge in [-0.15, -0.1) is 0 Å². The summed E-state index contributed by atoms with van der Waals surface area (Å²) in [5.41, 5.74) is 2.77. The Labute approximate surface area is 132 Å². The summed E-state index contributed by atoms with van der Waals surface area (Å²) < 4.78 is 5.18. The Kier molecular flexibility index (Phi) is 4.86. The average Bonchev–Trinajstić information content (AvgIpc) is 2.55. The van der Waals surface area contributed by atoms with Crippen LogP contribution in [0.4, 0.5) is 5.69 Å². The van der Waals surface area contributed by atoms with Crippen molar-refractivity contribution >= 4 is 12.0 Å². The highest BCUT2D eigenvalue weighted by Gasteiger charge is 2.26. The molecule has 0 saturated heterocycles. The highest BCUT2D eigenvalue weighted by atomic mass is 16.5. The molecule has 0 spiro atoms. The Morgan fingerprint density at radius 1 is 1.05 bits per heavy atom. The smallest absolute Gasteiger partial charge is 0.130 e. The second-order valence-corrected chi connectivity index (χ2v) is 6.00. The standard InChI is InChI=1S/C19H23NO2/c1-19(14-21,16-7-11-18(22-4)12-8-16)13-15-5-9-17(10-6-15)20(2)3/h5-12,14H,13H2,1-4H3. The van der Waals surface area contributed by atoms with E-state index in [0.29, 0.717) is 6.42 Å². The fourth-order valence-electron chi connectivity index (χ4n) is 2.52. The van der Waals surface area contributed by atoms with Gasteiger partial charge in [0.05, 0.1) is 12.5 Å². The lowest BCUT2D eigenvalue weighted by atomic mass is 9.78. The van der Waals surface area contributed by atoms with Crippen LogP contribution in [-0.2, 0) is 16.6 Å². The lowest BCUT2D eigenvalue weighted by molar-refractivity contribution is -0.112. The van der Waals surface area contributed by atoms with Gasteiger partial charge in [0.15, 0.2) is 0 Å². The number of methoxy groups -OCH3 is 1. The molecule has 0 aliphatic heterocycles. The van der Waals surface area contributed by atoms with Crippen molar-refractivity contribution in [2.45, 2.75) is 18.8 Å². The zero-order chi connectivity index (χ0) is 16.2. The molecule has 0 aromatic heterocycles. The van der Waals surface area contributed by atoms with E-state index < -0.39 is 5.41 Å². The zero-order valence-electron chi connectivity index (χ0n) is 13.7. The summed E-state index contributed by atoms with van der Waals surface area (Å²) in [5, 5.41) is 0. The molecular formula is C19H23NO2. The first-order valence-electron chi connectivity index (χ1n) is 7.35. The van der Waals surface area contributed by atoms with E-state index in [2.05, 4.69) is 29.2 Å². The summed E-state index contributed by atoms with van der Waals surface area (Å²) in [7, 11) is 5.67. The van der Waals surface area contributed by atoms with E-state index in [9.17, 15) is 4.79 Å². The molecule has 3 nitrogen and oxygen atoms in total. The van der Waals surface area contributed by atoms with Gasteiger partial charge in [-0.2, -0.15) is 0 Å². The van der Waals surface area contributed by atoms with Gasteiger partial charge in [0, 0.05) is 19.8 Å². The SMILES string of the molecule is COc1ccc(C(C)(C=O)Cc2ccc(N(C)C)cc2)cc1. The third kappa shape index (κ3) is 3.48. The molecule has 2 aromatic rings. The van der Waals surface area contributed by atoms with E-state index in [-0.39, 0.29) is 0 Å². The lowest BCUT2D eigenvalue weighted by Crippen LogP contribution is -2.26. The maximum atomic E-state index is 11.7. The van der Waals surface area contributed by atoms with Crippen LogP contribution in [0.25, 0.3) is 0 Å². The molecule has 0 aliphatic carbocycles. The van der Waals surface area contributed by atoms with Crippen LogP contribution in [0.15, 0.2) is 48.5 Å². The first-order chi connectivity index (χ1) is 10.5. The fraction of sp³-hybridized carbons (Fsp3) is 0.316. The fourth-order valence-corrected chi connectivity index (χ4v) is 2.52. The minimum Gasteiger partial charge on any atom is -0.497 e. The molecule has 0 bridgehead atoms. The molecule has 1 unspecified atom stereocenters. The molecule has 0 heterocycles. The molecule has 2 aromatic carbocycles. The summed E-state index contributed by atoms with van der Waals surface area (Å²) in [6.07, 6.45) is 1.71. The van der Waals surface area contributed by atoms with E-state index in [1.165, 1.54) is 0 Å². The lowest BCUT2D eigenvalue weighted by Gasteiger charge is -2.24. The first kappa shape index (κ1) is 16.1. The van der Waals surface area contributed by atoms with Gasteiger partial charge in [-0.25, -0.2) is 0 Å². The summed E-state index contributed by atoms with van der Waals surface area (Å²) in [5.74, 6) is 0.798. The third-order valence-corrected chi connectivity index (χ3v) is 4.03. The minimum absolute atomic E-state index is 0.536. The van der Waals surface area contributed by atoms with E-state index >= 15 is 0 Å². The van der Waals surface area contributed by atoms with Crippen LogP contribution >= 0.6 is 0 Å². The van der Waals surface area contributed by atoms with Crippen molar-refractivity contribution in [2.75, 3.05) is 26.1 Å². The van der Waals surface area contributed by atoms with Crippen molar-refractivity contribution in [3.63, 3.8) is 0 Å². The number of rotatable bonds is 6. The van der Waals surface area contributed by atoms with Crippen molar-refractivity contribution in [3.05, 3.63) is 59.7 Å². The molecule has 0 radical (unpaired) electrons. The Hall–Kier alpha value is -2.29. The number of anilines is 1. The number of nitrogens with zero attached hydrogens (tertiary/aromatic N) is 1. The van der Waals surface area contributed by atoms with Crippen LogP contribution in [0.1, 0.15) is 18.1 Å². The number of benzene rings is 2. The second kappa shape index (κ2) is 6.65. The van der Waals surface area contributed by atoms with Crippen molar-refractivity contribution in [3.8, 4) is 5.75 Å². The van der Waals surface area contributed by atoms with Crippen molar-refractivity contribution in [1.29, 1.82) is 0 Å². The van der Waals surface area contributed by atoms with Gasteiger partial charge in [0.25, 0.3) is 0 Å². The molecule has 0 aliphatic rings. The molecule has 3 heteroatoms. The maximum absolute atomic E-state index is 11.7. The predicted molar refractivity (Wildman–Crippen MR) is 90.9 cm³/mol. The van der Waals surface area contributed by atoms with Crippen LogP contribution in [0.2, 0.25) is 0 Å². The summed E-state index contributed by atoms with van der Waals surface area (Å²) >= 11 is 0. The van der Waals surface area contributed by atoms with E-state index in [4.69, 9.17) is 4.74 Å². The third-order valence-electron chi connectivity index (χ3n) is 4.03. The Morgan fingerprint density at radius 3 is 2.09 bits per heavy atom. The zero-order valence-corrected chi connectivity index (χ0v) is 13.7. The van der Waals surface area contributed by atoms with Crippen molar-refractivity contribution in [2.24, 2.45) is 0 Å². The van der Waals surface area contributed by atoms with Gasteiger partial charge in [0.2, 0.25) is 0 Å². The van der Waals surface area contributed by atoms with Crippen LogP contribution in [0.5, 0.6) is 5.75 Å². The van der Waals surface area contributed by atoms with E-state index in [1.54, 1.807) is 7.11 Å². The van der Waals surface area contributed by atoms with E-state index in [1.807, 2.05) is 45.3 Å². The molecule has 0 N–H and O–H groups in total. The number of carbonyl (C=O) groups is 1. The summed E-state index contributed by atoms with van der Waals surface area (Å²) in [6.45, 7) is 1.97. The summed E-state index contributed by atoms with van der Waals surface area (Å²) in [4.78, 5) is 13.8. The highest BCUT2D eigenvalue weighted by Crippen LogP contribution is 2.28. The Bertz CT molecular complexity index is 617. The monoisotopic (exact) mass is 297 g/mol. The average molecular weight is 297 g/mol. The Morgan fingerprint density at radius 2 is 1.64 bits per heavy atom. The van der Waals surface area contributed by atoms with Gasteiger partial charge < -0.3 is 14.4 Å². The number of ether oxygens (including phenoxy) is 1. The summed E-state index contributed by atoms with van der Waals surface area (Å²) in [6, 6.07) is 16.0. The molecule has 2 rings (SSSR count). The minimum atomic E-state index is -0.536. The largest absolute Gasteiger partial charge is 0.497 e. The van der Waals surface area contributed by atoms with Crippen molar-refractivity contribution in [1.82, 2.24) is 0 Å². The van der Waals surface area contributed by atoms with Gasteiger partial charge >= 0.3 is 0 Å². The second-order valence-electron chi connectivity index (χ2n) is 6.00. The quantitative estimate of drug-likeness (QED) is 0.765. The van der Waals surface area contributed by atoms with Gasteiger partial charge in [-0.1, -0.05) is 24.3 Å². The normalized spacial score (nSPS) is 13.3. The molecule has 22 heavy (non-hydrogen) atoms. The number of carbonyl (C=O) groups excluding carboxylic acids is 1. The number of aldehydes is 1.